The van der Waals surface area contributed by atoms with Crippen LogP contribution >= 0.6 is 0 Å². The first-order valence-electron chi connectivity index (χ1n) is 6.76. The fraction of sp³-hybridized carbons (Fsp3) is 0.222. The summed E-state index contributed by atoms with van der Waals surface area (Å²) in [6, 6.07) is 8.00. The lowest BCUT2D eigenvalue weighted by Crippen LogP contribution is -1.85. The van der Waals surface area contributed by atoms with Gasteiger partial charge in [0.2, 0.25) is 0 Å². The van der Waals surface area contributed by atoms with E-state index in [0.29, 0.717) is 5.75 Å². The number of hydrogen-bond donors (Lipinski definition) is 1. The van der Waals surface area contributed by atoms with Crippen molar-refractivity contribution in [2.75, 3.05) is 0 Å². The fourth-order valence-corrected chi connectivity index (χ4v) is 2.51. The molecule has 3 rings (SSSR count). The number of rotatable bonds is 1. The van der Waals surface area contributed by atoms with E-state index in [0.717, 1.165) is 33.2 Å². The van der Waals surface area contributed by atoms with Crippen molar-refractivity contribution in [2.24, 2.45) is 0 Å². The van der Waals surface area contributed by atoms with Crippen LogP contribution < -0.4 is 0 Å². The first-order valence-corrected chi connectivity index (χ1v) is 6.76. The number of fused-ring (bicyclic) bond motifs is 1. The maximum absolute atomic E-state index is 10.2. The molecule has 0 aliphatic heterocycles. The van der Waals surface area contributed by atoms with E-state index in [9.17, 15) is 5.11 Å². The van der Waals surface area contributed by atoms with Gasteiger partial charge in [-0.25, -0.2) is 0 Å². The minimum absolute atomic E-state index is 0.300. The molecule has 0 saturated carbocycles. The van der Waals surface area contributed by atoms with Crippen LogP contribution in [-0.4, -0.2) is 5.11 Å². The molecule has 0 unspecified atom stereocenters. The molecule has 0 saturated heterocycles. The van der Waals surface area contributed by atoms with Crippen molar-refractivity contribution in [2.45, 2.75) is 27.7 Å². The average Bonchev–Trinajstić information content (AvgIpc) is 2.77. The molecule has 0 aliphatic rings. The van der Waals surface area contributed by atoms with Gasteiger partial charge in [0, 0.05) is 16.5 Å². The van der Waals surface area contributed by atoms with Crippen LogP contribution in [0.4, 0.5) is 0 Å². The highest BCUT2D eigenvalue weighted by Gasteiger charge is 2.14. The van der Waals surface area contributed by atoms with Gasteiger partial charge in [0.15, 0.2) is 0 Å². The largest absolute Gasteiger partial charge is 0.507 e. The Kier molecular flexibility index (Phi) is 2.82. The summed E-state index contributed by atoms with van der Waals surface area (Å²) in [5.74, 6) is 0.300. The third-order valence-corrected chi connectivity index (χ3v) is 4.09. The topological polar surface area (TPSA) is 33.4 Å². The van der Waals surface area contributed by atoms with Gasteiger partial charge >= 0.3 is 0 Å². The smallest absolute Gasteiger partial charge is 0.134 e. The number of phenolic OH excluding ortho intramolecular Hbond substituents is 1. The maximum atomic E-state index is 10.2. The van der Waals surface area contributed by atoms with Crippen molar-refractivity contribution >= 4 is 11.0 Å². The van der Waals surface area contributed by atoms with Crippen molar-refractivity contribution < 1.29 is 9.52 Å². The van der Waals surface area contributed by atoms with Gasteiger partial charge in [0.05, 0.1) is 6.26 Å². The molecule has 20 heavy (non-hydrogen) atoms. The Balaban J connectivity index is 2.30. The number of aryl methyl sites for hydroxylation is 4. The first kappa shape index (κ1) is 12.8. The summed E-state index contributed by atoms with van der Waals surface area (Å²) in [6.45, 7) is 8.21. The van der Waals surface area contributed by atoms with Crippen molar-refractivity contribution in [3.63, 3.8) is 0 Å². The average molecular weight is 266 g/mol. The Morgan fingerprint density at radius 2 is 1.35 bits per heavy atom. The number of benzene rings is 2. The molecule has 0 bridgehead atoms. The summed E-state index contributed by atoms with van der Waals surface area (Å²) >= 11 is 0. The van der Waals surface area contributed by atoms with E-state index in [-0.39, 0.29) is 0 Å². The molecular formula is C18H18O2. The second-order valence-corrected chi connectivity index (χ2v) is 5.54. The summed E-state index contributed by atoms with van der Waals surface area (Å²) in [5, 5.41) is 11.3. The quantitative estimate of drug-likeness (QED) is 0.669. The van der Waals surface area contributed by atoms with Crippen LogP contribution in [0.2, 0.25) is 0 Å². The van der Waals surface area contributed by atoms with Crippen molar-refractivity contribution in [1.29, 1.82) is 0 Å². The Labute approximate surface area is 118 Å². The molecule has 2 nitrogen and oxygen atoms in total. The molecule has 1 N–H and O–H groups in total. The molecule has 0 fully saturated rings. The Bertz CT molecular complexity index is 810. The molecule has 0 amide bonds. The van der Waals surface area contributed by atoms with Gasteiger partial charge in [-0.1, -0.05) is 0 Å². The van der Waals surface area contributed by atoms with E-state index < -0.39 is 0 Å². The zero-order chi connectivity index (χ0) is 14.4. The SMILES string of the molecule is Cc1cc(O)c(-c2coc3cc(C)c(C)cc23)cc1C. The predicted molar refractivity (Wildman–Crippen MR) is 82.3 cm³/mol. The van der Waals surface area contributed by atoms with E-state index >= 15 is 0 Å². The van der Waals surface area contributed by atoms with Gasteiger partial charge in [0.25, 0.3) is 0 Å². The second-order valence-electron chi connectivity index (χ2n) is 5.54. The molecule has 1 heterocycles. The van der Waals surface area contributed by atoms with Crippen molar-refractivity contribution in [1.82, 2.24) is 0 Å². The summed E-state index contributed by atoms with van der Waals surface area (Å²) in [4.78, 5) is 0. The molecule has 3 aromatic rings. The highest BCUT2D eigenvalue weighted by Crippen LogP contribution is 2.38. The molecule has 0 radical (unpaired) electrons. The Morgan fingerprint density at radius 3 is 2.10 bits per heavy atom. The summed E-state index contributed by atoms with van der Waals surface area (Å²) in [6.07, 6.45) is 1.73. The number of aromatic hydroxyl groups is 1. The zero-order valence-electron chi connectivity index (χ0n) is 12.2. The van der Waals surface area contributed by atoms with E-state index in [1.54, 1.807) is 6.26 Å². The molecule has 0 atom stereocenters. The Hall–Kier alpha value is -2.22. The number of hydrogen-bond acceptors (Lipinski definition) is 2. The summed E-state index contributed by atoms with van der Waals surface area (Å²) < 4.78 is 5.65. The minimum atomic E-state index is 0.300. The molecule has 1 aromatic heterocycles. The second kappa shape index (κ2) is 4.41. The number of phenols is 1. The minimum Gasteiger partial charge on any atom is -0.507 e. The first-order chi connectivity index (χ1) is 9.47. The standard InChI is InChI=1S/C18H18O2/c1-10-5-14(17(19)7-12(10)3)16-9-20-18-8-13(4)11(2)6-15(16)18/h5-9,19H,1-4H3. The molecule has 2 heteroatoms. The Morgan fingerprint density at radius 1 is 0.750 bits per heavy atom. The zero-order valence-corrected chi connectivity index (χ0v) is 12.2. The van der Waals surface area contributed by atoms with Gasteiger partial charge in [0.1, 0.15) is 11.3 Å². The van der Waals surface area contributed by atoms with Gasteiger partial charge in [-0.05, 0) is 74.2 Å². The third-order valence-electron chi connectivity index (χ3n) is 4.09. The number of furan rings is 1. The molecule has 0 aliphatic carbocycles. The van der Waals surface area contributed by atoms with Gasteiger partial charge in [-0.3, -0.25) is 0 Å². The van der Waals surface area contributed by atoms with Gasteiger partial charge in [-0.15, -0.1) is 0 Å². The summed E-state index contributed by atoms with van der Waals surface area (Å²) in [5.41, 5.74) is 7.33. The monoisotopic (exact) mass is 266 g/mol. The lowest BCUT2D eigenvalue weighted by molar-refractivity contribution is 0.476. The maximum Gasteiger partial charge on any atom is 0.134 e. The van der Waals surface area contributed by atoms with Crippen molar-refractivity contribution in [3.05, 3.63) is 52.8 Å². The van der Waals surface area contributed by atoms with E-state index in [1.165, 1.54) is 11.1 Å². The van der Waals surface area contributed by atoms with Crippen LogP contribution in [0.15, 0.2) is 34.9 Å². The highest BCUT2D eigenvalue weighted by molar-refractivity contribution is 5.96. The van der Waals surface area contributed by atoms with Gasteiger partial charge in [-0.2, -0.15) is 0 Å². The lowest BCUT2D eigenvalue weighted by Gasteiger charge is -2.08. The van der Waals surface area contributed by atoms with Crippen LogP contribution in [-0.2, 0) is 0 Å². The highest BCUT2D eigenvalue weighted by atomic mass is 16.3. The van der Waals surface area contributed by atoms with E-state index in [2.05, 4.69) is 26.8 Å². The summed E-state index contributed by atoms with van der Waals surface area (Å²) in [7, 11) is 0. The van der Waals surface area contributed by atoms with Crippen LogP contribution in [0.5, 0.6) is 5.75 Å². The van der Waals surface area contributed by atoms with Crippen LogP contribution in [0.25, 0.3) is 22.1 Å². The normalized spacial score (nSPS) is 11.2. The van der Waals surface area contributed by atoms with E-state index in [1.807, 2.05) is 25.1 Å². The van der Waals surface area contributed by atoms with Crippen LogP contribution in [0, 0.1) is 27.7 Å². The lowest BCUT2D eigenvalue weighted by atomic mass is 9.97. The molecule has 2 aromatic carbocycles. The fourth-order valence-electron chi connectivity index (χ4n) is 2.51. The van der Waals surface area contributed by atoms with Gasteiger partial charge < -0.3 is 9.52 Å². The third kappa shape index (κ3) is 1.88. The molecular weight excluding hydrogens is 248 g/mol. The van der Waals surface area contributed by atoms with E-state index in [4.69, 9.17) is 4.42 Å². The van der Waals surface area contributed by atoms with Crippen molar-refractivity contribution in [3.8, 4) is 16.9 Å². The molecule has 0 spiro atoms. The predicted octanol–water partition coefficient (Wildman–Crippen LogP) is 5.04. The van der Waals surface area contributed by atoms with Crippen LogP contribution in [0.3, 0.4) is 0 Å². The van der Waals surface area contributed by atoms with Crippen LogP contribution in [0.1, 0.15) is 22.3 Å². The molecule has 102 valence electrons.